The molecule has 162 valence electrons. The molecular weight excluding hydrogens is 392 g/mol. The van der Waals surface area contributed by atoms with Crippen molar-refractivity contribution in [3.8, 4) is 11.4 Å². The molecule has 0 bridgehead atoms. The molecule has 0 spiro atoms. The number of ether oxygens (including phenoxy) is 1. The molecule has 7 nitrogen and oxygen atoms in total. The Kier molecular flexibility index (Phi) is 7.18. The number of nitrogens with zero attached hydrogens (tertiary/aromatic N) is 4. The Hall–Kier alpha value is -3.48. The Balaban J connectivity index is 1.91. The van der Waals surface area contributed by atoms with Gasteiger partial charge in [-0.1, -0.05) is 32.9 Å². The summed E-state index contributed by atoms with van der Waals surface area (Å²) in [5.41, 5.74) is 1.86. The molecule has 0 saturated carbocycles. The normalized spacial score (nSPS) is 11.9. The molecule has 31 heavy (non-hydrogen) atoms. The highest BCUT2D eigenvalue weighted by atomic mass is 16.5. The van der Waals surface area contributed by atoms with Crippen molar-refractivity contribution in [3.05, 3.63) is 66.9 Å². The fraction of sp³-hybridized carbons (Fsp3) is 0.333. The lowest BCUT2D eigenvalue weighted by atomic mass is 10.0. The molecule has 1 aromatic carbocycles. The number of benzene rings is 1. The van der Waals surface area contributed by atoms with Crippen LogP contribution in [0.5, 0.6) is 5.75 Å². The van der Waals surface area contributed by atoms with Crippen LogP contribution < -0.4 is 9.64 Å². The highest BCUT2D eigenvalue weighted by molar-refractivity contribution is 6.01. The van der Waals surface area contributed by atoms with Gasteiger partial charge >= 0.3 is 0 Å². The summed E-state index contributed by atoms with van der Waals surface area (Å²) in [4.78, 5) is 35.4. The van der Waals surface area contributed by atoms with Gasteiger partial charge in [-0.15, -0.1) is 0 Å². The zero-order valence-corrected chi connectivity index (χ0v) is 18.4. The first kappa shape index (κ1) is 22.2. The quantitative estimate of drug-likeness (QED) is 0.519. The molecule has 2 heterocycles. The van der Waals surface area contributed by atoms with Gasteiger partial charge < -0.3 is 9.30 Å². The minimum Gasteiger partial charge on any atom is -0.481 e. The van der Waals surface area contributed by atoms with Crippen LogP contribution in [0, 0.1) is 0 Å². The predicted octanol–water partition coefficient (Wildman–Crippen LogP) is 4.17. The van der Waals surface area contributed by atoms with Crippen molar-refractivity contribution in [2.75, 3.05) is 11.4 Å². The van der Waals surface area contributed by atoms with Crippen LogP contribution in [0.15, 0.2) is 61.3 Å². The van der Waals surface area contributed by atoms with Gasteiger partial charge in [-0.2, -0.15) is 0 Å². The van der Waals surface area contributed by atoms with Gasteiger partial charge in [0.2, 0.25) is 0 Å². The number of rotatable bonds is 9. The van der Waals surface area contributed by atoms with E-state index in [2.05, 4.69) is 23.8 Å². The number of anilines is 1. The van der Waals surface area contributed by atoms with E-state index in [0.717, 1.165) is 0 Å². The van der Waals surface area contributed by atoms with Gasteiger partial charge in [0, 0.05) is 18.6 Å². The number of hydrogen-bond acceptors (Lipinski definition) is 5. The second kappa shape index (κ2) is 10.0. The lowest BCUT2D eigenvalue weighted by Crippen LogP contribution is -2.45. The van der Waals surface area contributed by atoms with E-state index in [1.165, 1.54) is 17.4 Å². The summed E-state index contributed by atoms with van der Waals surface area (Å²) in [6.45, 7) is 7.49. The number of carbonyl (C=O) groups is 2. The van der Waals surface area contributed by atoms with Gasteiger partial charge in [0.15, 0.2) is 11.9 Å². The highest BCUT2D eigenvalue weighted by Gasteiger charge is 2.29. The Bertz CT molecular complexity index is 1010. The van der Waals surface area contributed by atoms with E-state index in [-0.39, 0.29) is 18.2 Å². The third-order valence-electron chi connectivity index (χ3n) is 4.92. The second-order valence-electron chi connectivity index (χ2n) is 7.68. The van der Waals surface area contributed by atoms with E-state index in [0.29, 0.717) is 29.6 Å². The molecule has 1 amide bonds. The number of pyridine rings is 1. The van der Waals surface area contributed by atoms with Gasteiger partial charge in [0.1, 0.15) is 11.5 Å². The lowest BCUT2D eigenvalue weighted by Gasteiger charge is -2.27. The van der Waals surface area contributed by atoms with Gasteiger partial charge in [0.05, 0.1) is 18.6 Å². The van der Waals surface area contributed by atoms with Crippen molar-refractivity contribution in [2.24, 2.45) is 0 Å². The number of Topliss-reactive ketones (excluding diaryl/α,β-unsaturated/α-hetero) is 1. The SMILES string of the molecule is CCC(Oc1ccc(C(C)C)cc1)C(=O)N(CC(C)=O)c1ncccc1-n1ccnc1. The number of imidazole rings is 1. The minimum absolute atomic E-state index is 0.0936. The number of amides is 1. The Labute approximate surface area is 182 Å². The largest absolute Gasteiger partial charge is 0.481 e. The summed E-state index contributed by atoms with van der Waals surface area (Å²) in [7, 11) is 0. The third kappa shape index (κ3) is 5.36. The molecule has 0 aliphatic carbocycles. The van der Waals surface area contributed by atoms with Gasteiger partial charge in [-0.05, 0) is 49.1 Å². The van der Waals surface area contributed by atoms with Crippen LogP contribution in [0.4, 0.5) is 5.82 Å². The molecule has 1 atom stereocenters. The molecular formula is C24H28N4O3. The van der Waals surface area contributed by atoms with Crippen LogP contribution in [0.1, 0.15) is 45.6 Å². The molecule has 0 aliphatic rings. The fourth-order valence-corrected chi connectivity index (χ4v) is 3.26. The second-order valence-corrected chi connectivity index (χ2v) is 7.68. The lowest BCUT2D eigenvalue weighted by molar-refractivity contribution is -0.127. The van der Waals surface area contributed by atoms with Gasteiger partial charge in [-0.3, -0.25) is 14.5 Å². The van der Waals surface area contributed by atoms with E-state index < -0.39 is 6.10 Å². The zero-order valence-electron chi connectivity index (χ0n) is 18.4. The van der Waals surface area contributed by atoms with Crippen LogP contribution >= 0.6 is 0 Å². The molecule has 0 aliphatic heterocycles. The Morgan fingerprint density at radius 1 is 1.13 bits per heavy atom. The summed E-state index contributed by atoms with van der Waals surface area (Å²) >= 11 is 0. The van der Waals surface area contributed by atoms with Crippen molar-refractivity contribution in [2.45, 2.75) is 46.1 Å². The smallest absolute Gasteiger partial charge is 0.269 e. The summed E-state index contributed by atoms with van der Waals surface area (Å²) in [5.74, 6) is 0.952. The van der Waals surface area contributed by atoms with E-state index in [1.54, 1.807) is 35.6 Å². The average Bonchev–Trinajstić information content (AvgIpc) is 3.30. The first-order valence-electron chi connectivity index (χ1n) is 10.4. The van der Waals surface area contributed by atoms with Gasteiger partial charge in [-0.25, -0.2) is 9.97 Å². The number of aromatic nitrogens is 3. The summed E-state index contributed by atoms with van der Waals surface area (Å²) in [6, 6.07) is 11.4. The van der Waals surface area contributed by atoms with Crippen molar-refractivity contribution in [3.63, 3.8) is 0 Å². The van der Waals surface area contributed by atoms with Crippen LogP contribution in [-0.4, -0.2) is 38.9 Å². The number of hydrogen-bond donors (Lipinski definition) is 0. The maximum absolute atomic E-state index is 13.5. The number of carbonyl (C=O) groups excluding carboxylic acids is 2. The summed E-state index contributed by atoms with van der Waals surface area (Å²) in [5, 5.41) is 0. The molecule has 0 saturated heterocycles. The van der Waals surface area contributed by atoms with Crippen molar-refractivity contribution >= 4 is 17.5 Å². The molecule has 1 unspecified atom stereocenters. The van der Waals surface area contributed by atoms with E-state index in [4.69, 9.17) is 4.74 Å². The monoisotopic (exact) mass is 420 g/mol. The van der Waals surface area contributed by atoms with Gasteiger partial charge in [0.25, 0.3) is 5.91 Å². The van der Waals surface area contributed by atoms with Crippen molar-refractivity contribution in [1.82, 2.24) is 14.5 Å². The fourth-order valence-electron chi connectivity index (χ4n) is 3.26. The zero-order chi connectivity index (χ0) is 22.4. The average molecular weight is 421 g/mol. The first-order valence-corrected chi connectivity index (χ1v) is 10.4. The maximum Gasteiger partial charge on any atom is 0.269 e. The van der Waals surface area contributed by atoms with Crippen molar-refractivity contribution in [1.29, 1.82) is 0 Å². The summed E-state index contributed by atoms with van der Waals surface area (Å²) < 4.78 is 7.78. The van der Waals surface area contributed by atoms with E-state index >= 15 is 0 Å². The molecule has 3 rings (SSSR count). The topological polar surface area (TPSA) is 77.3 Å². The first-order chi connectivity index (χ1) is 14.9. The maximum atomic E-state index is 13.5. The van der Waals surface area contributed by atoms with Crippen molar-refractivity contribution < 1.29 is 14.3 Å². The van der Waals surface area contributed by atoms with Crippen LogP contribution in [0.25, 0.3) is 5.69 Å². The van der Waals surface area contributed by atoms with Crippen LogP contribution in [-0.2, 0) is 9.59 Å². The molecule has 0 fully saturated rings. The van der Waals surface area contributed by atoms with E-state index in [9.17, 15) is 9.59 Å². The molecule has 0 radical (unpaired) electrons. The Morgan fingerprint density at radius 2 is 1.87 bits per heavy atom. The standard InChI is InChI=1S/C24H28N4O3/c1-5-22(31-20-10-8-19(9-11-20)17(2)3)24(30)28(15-18(4)29)23-21(7-6-12-26-23)27-14-13-25-16-27/h6-14,16-17,22H,5,15H2,1-4H3. The van der Waals surface area contributed by atoms with E-state index in [1.807, 2.05) is 37.3 Å². The predicted molar refractivity (Wildman–Crippen MR) is 120 cm³/mol. The summed E-state index contributed by atoms with van der Waals surface area (Å²) in [6.07, 6.45) is 6.34. The molecule has 2 aromatic heterocycles. The molecule has 0 N–H and O–H groups in total. The van der Waals surface area contributed by atoms with Crippen LogP contribution in [0.2, 0.25) is 0 Å². The van der Waals surface area contributed by atoms with Crippen LogP contribution in [0.3, 0.4) is 0 Å². The molecule has 7 heteroatoms. The third-order valence-corrected chi connectivity index (χ3v) is 4.92. The molecule has 3 aromatic rings. The number of ketones is 1. The minimum atomic E-state index is -0.748. The highest BCUT2D eigenvalue weighted by Crippen LogP contribution is 2.25. The Morgan fingerprint density at radius 3 is 2.45 bits per heavy atom.